The van der Waals surface area contributed by atoms with Crippen LogP contribution in [0.2, 0.25) is 5.02 Å². The molecule has 0 radical (unpaired) electrons. The van der Waals surface area contributed by atoms with Gasteiger partial charge in [-0.05, 0) is 36.8 Å². The Kier molecular flexibility index (Phi) is 6.30. The summed E-state index contributed by atoms with van der Waals surface area (Å²) in [6, 6.07) is 7.07. The summed E-state index contributed by atoms with van der Waals surface area (Å²) >= 11 is 6.15. The van der Waals surface area contributed by atoms with Crippen molar-refractivity contribution in [3.8, 4) is 11.6 Å². The van der Waals surface area contributed by atoms with Gasteiger partial charge >= 0.3 is 12.0 Å². The van der Waals surface area contributed by atoms with Crippen molar-refractivity contribution in [1.29, 1.82) is 0 Å². The number of nitrogens with zero attached hydrogens (tertiary/aromatic N) is 2. The normalized spacial score (nSPS) is 10.5. The number of halogens is 1. The molecule has 0 aliphatic rings. The number of pyridine rings is 1. The number of aromatic nitrogens is 1. The van der Waals surface area contributed by atoms with Crippen molar-refractivity contribution in [2.24, 2.45) is 10.8 Å². The maximum absolute atomic E-state index is 11.7. The van der Waals surface area contributed by atoms with Crippen molar-refractivity contribution in [3.63, 3.8) is 0 Å². The first-order valence-corrected chi connectivity index (χ1v) is 7.56. The van der Waals surface area contributed by atoms with Crippen molar-refractivity contribution in [1.82, 2.24) is 10.4 Å². The predicted octanol–water partition coefficient (Wildman–Crippen LogP) is 2.71. The highest BCUT2D eigenvalue weighted by Crippen LogP contribution is 2.29. The van der Waals surface area contributed by atoms with Gasteiger partial charge in [0.05, 0.1) is 23.4 Å². The number of esters is 1. The van der Waals surface area contributed by atoms with Crippen molar-refractivity contribution in [2.75, 3.05) is 6.61 Å². The van der Waals surface area contributed by atoms with Gasteiger partial charge in [-0.2, -0.15) is 5.10 Å². The van der Waals surface area contributed by atoms with Crippen LogP contribution in [-0.4, -0.2) is 29.8 Å². The van der Waals surface area contributed by atoms with Crippen LogP contribution < -0.4 is 15.9 Å². The maximum atomic E-state index is 11.7. The number of urea groups is 1. The second-order valence-corrected chi connectivity index (χ2v) is 5.04. The smallest absolute Gasteiger partial charge is 0.338 e. The van der Waals surface area contributed by atoms with Gasteiger partial charge in [0.25, 0.3) is 0 Å². The Hall–Kier alpha value is -3.13. The zero-order chi connectivity index (χ0) is 18.2. The van der Waals surface area contributed by atoms with Crippen LogP contribution in [0.4, 0.5) is 4.79 Å². The van der Waals surface area contributed by atoms with Crippen LogP contribution in [0.1, 0.15) is 22.8 Å². The Bertz CT molecular complexity index is 810. The lowest BCUT2D eigenvalue weighted by molar-refractivity contribution is 0.0525. The first-order valence-electron chi connectivity index (χ1n) is 7.18. The van der Waals surface area contributed by atoms with E-state index in [9.17, 15) is 9.59 Å². The van der Waals surface area contributed by atoms with Crippen molar-refractivity contribution in [2.45, 2.75) is 6.92 Å². The van der Waals surface area contributed by atoms with Gasteiger partial charge in [0.2, 0.25) is 5.88 Å². The van der Waals surface area contributed by atoms with Crippen molar-refractivity contribution >= 4 is 29.8 Å². The van der Waals surface area contributed by atoms with E-state index in [1.165, 1.54) is 24.5 Å². The number of amides is 2. The van der Waals surface area contributed by atoms with E-state index < -0.39 is 12.0 Å². The second-order valence-electron chi connectivity index (χ2n) is 4.63. The fraction of sp³-hybridized carbons (Fsp3) is 0.125. The molecule has 3 N–H and O–H groups in total. The van der Waals surface area contributed by atoms with Gasteiger partial charge < -0.3 is 15.2 Å². The van der Waals surface area contributed by atoms with Crippen LogP contribution in [0.5, 0.6) is 11.6 Å². The lowest BCUT2D eigenvalue weighted by Gasteiger charge is -2.08. The van der Waals surface area contributed by atoms with E-state index in [0.29, 0.717) is 21.9 Å². The summed E-state index contributed by atoms with van der Waals surface area (Å²) < 4.78 is 10.5. The quantitative estimate of drug-likeness (QED) is 0.465. The van der Waals surface area contributed by atoms with E-state index in [4.69, 9.17) is 26.8 Å². The Balaban J connectivity index is 2.12. The molecule has 0 spiro atoms. The Morgan fingerprint density at radius 3 is 2.84 bits per heavy atom. The van der Waals surface area contributed by atoms with Gasteiger partial charge in [-0.1, -0.05) is 11.6 Å². The minimum absolute atomic E-state index is 0.198. The van der Waals surface area contributed by atoms with Gasteiger partial charge in [-0.15, -0.1) is 0 Å². The minimum Gasteiger partial charge on any atom is -0.462 e. The number of carbonyl (C=O) groups is 2. The third-order valence-corrected chi connectivity index (χ3v) is 3.10. The molecule has 0 atom stereocenters. The predicted molar refractivity (Wildman–Crippen MR) is 92.0 cm³/mol. The lowest BCUT2D eigenvalue weighted by atomic mass is 10.2. The first-order chi connectivity index (χ1) is 12.0. The summed E-state index contributed by atoms with van der Waals surface area (Å²) in [6.45, 7) is 2.00. The SMILES string of the molecule is CCOC(=O)c1ccnc(Oc2ccc(C=NNC(N)=O)cc2Cl)c1. The molecule has 1 aromatic carbocycles. The zero-order valence-corrected chi connectivity index (χ0v) is 14.0. The molecular formula is C16H15ClN4O4. The number of ether oxygens (including phenoxy) is 2. The third-order valence-electron chi connectivity index (χ3n) is 2.80. The van der Waals surface area contributed by atoms with E-state index in [2.05, 4.69) is 15.5 Å². The molecule has 0 fully saturated rings. The summed E-state index contributed by atoms with van der Waals surface area (Å²) in [5, 5.41) is 3.93. The number of carbonyl (C=O) groups excluding carboxylic acids is 2. The number of benzene rings is 1. The van der Waals surface area contributed by atoms with E-state index in [0.717, 1.165) is 0 Å². The number of hydrogen-bond acceptors (Lipinski definition) is 6. The molecule has 2 amide bonds. The van der Waals surface area contributed by atoms with Crippen molar-refractivity contribution < 1.29 is 19.1 Å². The molecule has 130 valence electrons. The summed E-state index contributed by atoms with van der Waals surface area (Å²) in [5.41, 5.74) is 7.92. The van der Waals surface area contributed by atoms with Gasteiger partial charge in [0.15, 0.2) is 0 Å². The molecular weight excluding hydrogens is 348 g/mol. The first kappa shape index (κ1) is 18.2. The molecule has 25 heavy (non-hydrogen) atoms. The highest BCUT2D eigenvalue weighted by Gasteiger charge is 2.10. The summed E-state index contributed by atoms with van der Waals surface area (Å²) in [4.78, 5) is 26.3. The zero-order valence-electron chi connectivity index (χ0n) is 13.2. The fourth-order valence-electron chi connectivity index (χ4n) is 1.77. The van der Waals surface area contributed by atoms with Crippen molar-refractivity contribution in [3.05, 3.63) is 52.7 Å². The highest BCUT2D eigenvalue weighted by molar-refractivity contribution is 6.32. The molecule has 8 nitrogen and oxygen atoms in total. The molecule has 0 saturated carbocycles. The van der Waals surface area contributed by atoms with Gasteiger partial charge in [-0.3, -0.25) is 0 Å². The number of hydrogen-bond donors (Lipinski definition) is 2. The lowest BCUT2D eigenvalue weighted by Crippen LogP contribution is -2.24. The summed E-state index contributed by atoms with van der Waals surface area (Å²) in [6.07, 6.45) is 2.81. The van der Waals surface area contributed by atoms with E-state index >= 15 is 0 Å². The summed E-state index contributed by atoms with van der Waals surface area (Å²) in [5.74, 6) is 0.0776. The van der Waals surface area contributed by atoms with Crippen LogP contribution in [0.15, 0.2) is 41.6 Å². The second kappa shape index (κ2) is 8.65. The van der Waals surface area contributed by atoms with Crippen LogP contribution in [-0.2, 0) is 4.74 Å². The molecule has 2 rings (SSSR count). The third kappa shape index (κ3) is 5.47. The number of nitrogens with two attached hydrogens (primary N) is 1. The fourth-order valence-corrected chi connectivity index (χ4v) is 2.00. The Labute approximate surface area is 148 Å². The van der Waals surface area contributed by atoms with Crippen LogP contribution in [0.3, 0.4) is 0 Å². The molecule has 9 heteroatoms. The van der Waals surface area contributed by atoms with Crippen LogP contribution >= 0.6 is 11.6 Å². The molecule has 1 heterocycles. The monoisotopic (exact) mass is 362 g/mol. The van der Waals surface area contributed by atoms with E-state index in [-0.39, 0.29) is 12.5 Å². The van der Waals surface area contributed by atoms with Crippen LogP contribution in [0, 0.1) is 0 Å². The number of rotatable bonds is 6. The average molecular weight is 363 g/mol. The van der Waals surface area contributed by atoms with E-state index in [1.807, 2.05) is 0 Å². The van der Waals surface area contributed by atoms with Crippen LogP contribution in [0.25, 0.3) is 0 Å². The average Bonchev–Trinajstić information content (AvgIpc) is 2.57. The number of hydrazone groups is 1. The molecule has 0 bridgehead atoms. The molecule has 2 aromatic rings. The largest absolute Gasteiger partial charge is 0.462 e. The van der Waals surface area contributed by atoms with Gasteiger partial charge in [0, 0.05) is 12.3 Å². The van der Waals surface area contributed by atoms with Gasteiger partial charge in [0.1, 0.15) is 5.75 Å². The molecule has 0 saturated heterocycles. The number of nitrogens with one attached hydrogen (secondary N) is 1. The topological polar surface area (TPSA) is 116 Å². The summed E-state index contributed by atoms with van der Waals surface area (Å²) in [7, 11) is 0. The van der Waals surface area contributed by atoms with Gasteiger partial charge in [-0.25, -0.2) is 20.0 Å². The number of primary amides is 1. The maximum Gasteiger partial charge on any atom is 0.338 e. The Morgan fingerprint density at radius 1 is 1.36 bits per heavy atom. The highest BCUT2D eigenvalue weighted by atomic mass is 35.5. The standard InChI is InChI=1S/C16H15ClN4O4/c1-2-24-15(22)11-5-6-19-14(8-11)25-13-4-3-10(7-12(13)17)9-20-21-16(18)23/h3-9H,2H2,1H3,(H3,18,21,23). The van der Waals surface area contributed by atoms with E-state index in [1.54, 1.807) is 25.1 Å². The molecule has 0 unspecified atom stereocenters. The minimum atomic E-state index is -0.769. The molecule has 0 aliphatic heterocycles. The molecule has 0 aliphatic carbocycles. The Morgan fingerprint density at radius 2 is 2.16 bits per heavy atom. The molecule has 1 aromatic heterocycles.